The van der Waals surface area contributed by atoms with Gasteiger partial charge in [0.15, 0.2) is 5.54 Å². The highest BCUT2D eigenvalue weighted by molar-refractivity contribution is 6.06. The monoisotopic (exact) mass is 293 g/mol. The Labute approximate surface area is 124 Å². The topological polar surface area (TPSA) is 74.6 Å². The average molecular weight is 293 g/mol. The molecule has 1 aromatic heterocycles. The average Bonchev–Trinajstić information content (AvgIpc) is 3.01. The van der Waals surface area contributed by atoms with Crippen LogP contribution < -0.4 is 10.6 Å². The van der Waals surface area contributed by atoms with Gasteiger partial charge in [-0.3, -0.25) is 9.69 Å². The molecule has 2 N–H and O–H groups in total. The predicted octanol–water partition coefficient (Wildman–Crippen LogP) is 1.68. The molecule has 2 unspecified atom stereocenters. The first-order valence-electron chi connectivity index (χ1n) is 7.26. The zero-order chi connectivity index (χ0) is 15.6. The van der Waals surface area contributed by atoms with Crippen LogP contribution in [0.3, 0.4) is 0 Å². The standard InChI is InChI=1S/C15H23N3O3/c1-10(2)16-8-11(3)9-18-13(19)15(4,17-14(18)20)12-6-5-7-21-12/h5-7,10-11,16H,8-9H2,1-4H3,(H,17,20). The first-order chi connectivity index (χ1) is 9.84. The lowest BCUT2D eigenvalue weighted by Gasteiger charge is -2.22. The van der Waals surface area contributed by atoms with Crippen LogP contribution in [0.1, 0.15) is 33.5 Å². The van der Waals surface area contributed by atoms with E-state index >= 15 is 0 Å². The Balaban J connectivity index is 2.05. The summed E-state index contributed by atoms with van der Waals surface area (Å²) in [5, 5.41) is 6.03. The van der Waals surface area contributed by atoms with E-state index in [9.17, 15) is 9.59 Å². The SMILES string of the molecule is CC(CNC(C)C)CN1C(=O)NC(C)(c2ccco2)C1=O. The molecule has 0 aliphatic carbocycles. The molecule has 1 saturated heterocycles. The Morgan fingerprint density at radius 2 is 2.10 bits per heavy atom. The molecule has 1 aliphatic rings. The first kappa shape index (κ1) is 15.6. The van der Waals surface area contributed by atoms with Crippen LogP contribution in [-0.4, -0.2) is 36.0 Å². The maximum absolute atomic E-state index is 12.6. The second kappa shape index (κ2) is 5.89. The maximum atomic E-state index is 12.6. The summed E-state index contributed by atoms with van der Waals surface area (Å²) < 4.78 is 5.30. The minimum atomic E-state index is -1.11. The van der Waals surface area contributed by atoms with Crippen molar-refractivity contribution in [1.82, 2.24) is 15.5 Å². The number of carbonyl (C=O) groups excluding carboxylic acids is 2. The maximum Gasteiger partial charge on any atom is 0.325 e. The van der Waals surface area contributed by atoms with E-state index in [1.807, 2.05) is 6.92 Å². The van der Waals surface area contributed by atoms with Crippen molar-refractivity contribution < 1.29 is 14.0 Å². The second-order valence-electron chi connectivity index (χ2n) is 6.12. The largest absolute Gasteiger partial charge is 0.466 e. The normalized spacial score (nSPS) is 23.8. The third-order valence-corrected chi connectivity index (χ3v) is 3.66. The number of nitrogens with zero attached hydrogens (tertiary/aromatic N) is 1. The molecule has 2 heterocycles. The van der Waals surface area contributed by atoms with Gasteiger partial charge in [-0.25, -0.2) is 4.79 Å². The molecule has 0 radical (unpaired) electrons. The highest BCUT2D eigenvalue weighted by Gasteiger charge is 2.51. The Bertz CT molecular complexity index is 512. The molecule has 6 nitrogen and oxygen atoms in total. The Morgan fingerprint density at radius 3 is 2.67 bits per heavy atom. The molecule has 6 heteroatoms. The van der Waals surface area contributed by atoms with Gasteiger partial charge in [0.25, 0.3) is 5.91 Å². The summed E-state index contributed by atoms with van der Waals surface area (Å²) in [4.78, 5) is 25.9. The van der Waals surface area contributed by atoms with Gasteiger partial charge >= 0.3 is 6.03 Å². The molecule has 1 fully saturated rings. The lowest BCUT2D eigenvalue weighted by molar-refractivity contribution is -0.132. The van der Waals surface area contributed by atoms with Crippen LogP contribution in [-0.2, 0) is 10.3 Å². The van der Waals surface area contributed by atoms with Crippen LogP contribution in [0.2, 0.25) is 0 Å². The molecule has 2 rings (SSSR count). The van der Waals surface area contributed by atoms with Crippen molar-refractivity contribution in [2.45, 2.75) is 39.3 Å². The van der Waals surface area contributed by atoms with Crippen LogP contribution in [0, 0.1) is 5.92 Å². The number of carbonyl (C=O) groups is 2. The highest BCUT2D eigenvalue weighted by Crippen LogP contribution is 2.29. The molecule has 1 aromatic rings. The van der Waals surface area contributed by atoms with Gasteiger partial charge in [-0.15, -0.1) is 0 Å². The number of rotatable bonds is 6. The van der Waals surface area contributed by atoms with Crippen molar-refractivity contribution in [3.63, 3.8) is 0 Å². The third kappa shape index (κ3) is 3.10. The molecule has 116 valence electrons. The summed E-state index contributed by atoms with van der Waals surface area (Å²) in [6, 6.07) is 3.42. The lowest BCUT2D eigenvalue weighted by atomic mass is 9.99. The zero-order valence-corrected chi connectivity index (χ0v) is 13.0. The van der Waals surface area contributed by atoms with Crippen molar-refractivity contribution in [2.75, 3.05) is 13.1 Å². The van der Waals surface area contributed by atoms with E-state index in [-0.39, 0.29) is 17.9 Å². The fraction of sp³-hybridized carbons (Fsp3) is 0.600. The predicted molar refractivity (Wildman–Crippen MR) is 78.6 cm³/mol. The molecule has 0 bridgehead atoms. The van der Waals surface area contributed by atoms with E-state index in [0.717, 1.165) is 6.54 Å². The van der Waals surface area contributed by atoms with Crippen molar-refractivity contribution in [3.05, 3.63) is 24.2 Å². The molecular weight excluding hydrogens is 270 g/mol. The molecular formula is C15H23N3O3. The number of furan rings is 1. The van der Waals surface area contributed by atoms with E-state index in [0.29, 0.717) is 18.3 Å². The minimum Gasteiger partial charge on any atom is -0.466 e. The summed E-state index contributed by atoms with van der Waals surface area (Å²) >= 11 is 0. The van der Waals surface area contributed by atoms with Gasteiger partial charge in [-0.05, 0) is 31.5 Å². The smallest absolute Gasteiger partial charge is 0.325 e. The van der Waals surface area contributed by atoms with E-state index in [2.05, 4.69) is 24.5 Å². The fourth-order valence-electron chi connectivity index (χ4n) is 2.41. The van der Waals surface area contributed by atoms with Crippen molar-refractivity contribution in [1.29, 1.82) is 0 Å². The number of amides is 3. The van der Waals surface area contributed by atoms with Crippen LogP contribution in [0.4, 0.5) is 4.79 Å². The van der Waals surface area contributed by atoms with Crippen LogP contribution in [0.5, 0.6) is 0 Å². The van der Waals surface area contributed by atoms with Crippen LogP contribution in [0.25, 0.3) is 0 Å². The van der Waals surface area contributed by atoms with E-state index in [4.69, 9.17) is 4.42 Å². The number of hydrogen-bond acceptors (Lipinski definition) is 4. The summed E-state index contributed by atoms with van der Waals surface area (Å²) in [6.07, 6.45) is 1.50. The molecule has 0 spiro atoms. The molecule has 0 saturated carbocycles. The van der Waals surface area contributed by atoms with Gasteiger partial charge < -0.3 is 15.1 Å². The molecule has 3 amide bonds. The lowest BCUT2D eigenvalue weighted by Crippen LogP contribution is -2.42. The van der Waals surface area contributed by atoms with Gasteiger partial charge in [0.1, 0.15) is 5.76 Å². The van der Waals surface area contributed by atoms with Gasteiger partial charge in [0, 0.05) is 12.6 Å². The van der Waals surface area contributed by atoms with Crippen LogP contribution in [0.15, 0.2) is 22.8 Å². The quantitative estimate of drug-likeness (QED) is 0.783. The molecule has 21 heavy (non-hydrogen) atoms. The van der Waals surface area contributed by atoms with Gasteiger partial charge in [0.05, 0.1) is 6.26 Å². The Kier molecular flexibility index (Phi) is 4.37. The molecule has 2 atom stereocenters. The first-order valence-corrected chi connectivity index (χ1v) is 7.26. The van der Waals surface area contributed by atoms with Gasteiger partial charge in [0.2, 0.25) is 0 Å². The Hall–Kier alpha value is -1.82. The fourth-order valence-corrected chi connectivity index (χ4v) is 2.41. The molecule has 0 aromatic carbocycles. The number of urea groups is 1. The summed E-state index contributed by atoms with van der Waals surface area (Å²) in [5.41, 5.74) is -1.11. The van der Waals surface area contributed by atoms with E-state index < -0.39 is 5.54 Å². The van der Waals surface area contributed by atoms with Crippen molar-refractivity contribution in [2.24, 2.45) is 5.92 Å². The van der Waals surface area contributed by atoms with Crippen LogP contribution >= 0.6 is 0 Å². The van der Waals surface area contributed by atoms with E-state index in [1.165, 1.54) is 11.2 Å². The van der Waals surface area contributed by atoms with Crippen molar-refractivity contribution >= 4 is 11.9 Å². The summed E-state index contributed by atoms with van der Waals surface area (Å²) in [7, 11) is 0. The minimum absolute atomic E-state index is 0.182. The third-order valence-electron chi connectivity index (χ3n) is 3.66. The number of nitrogens with one attached hydrogen (secondary N) is 2. The summed E-state index contributed by atoms with van der Waals surface area (Å²) in [6.45, 7) is 8.96. The summed E-state index contributed by atoms with van der Waals surface area (Å²) in [5.74, 6) is 0.371. The van der Waals surface area contributed by atoms with Gasteiger partial charge in [-0.1, -0.05) is 20.8 Å². The Morgan fingerprint density at radius 1 is 1.38 bits per heavy atom. The zero-order valence-electron chi connectivity index (χ0n) is 13.0. The second-order valence-corrected chi connectivity index (χ2v) is 6.12. The number of imide groups is 1. The van der Waals surface area contributed by atoms with Crippen molar-refractivity contribution in [3.8, 4) is 0 Å². The van der Waals surface area contributed by atoms with Gasteiger partial charge in [-0.2, -0.15) is 0 Å². The highest BCUT2D eigenvalue weighted by atomic mass is 16.3. The van der Waals surface area contributed by atoms with E-state index in [1.54, 1.807) is 19.1 Å². The molecule has 1 aliphatic heterocycles. The number of hydrogen-bond donors (Lipinski definition) is 2.